The number of ether oxygens (including phenoxy) is 3. The van der Waals surface area contributed by atoms with Gasteiger partial charge in [-0.1, -0.05) is 24.3 Å². The molecule has 7 nitrogen and oxygen atoms in total. The molecule has 0 aliphatic heterocycles. The minimum absolute atomic E-state index is 0.00505. The van der Waals surface area contributed by atoms with Crippen LogP contribution in [-0.4, -0.2) is 57.8 Å². The molecule has 0 fully saturated rings. The van der Waals surface area contributed by atoms with Crippen LogP contribution >= 0.6 is 0 Å². The summed E-state index contributed by atoms with van der Waals surface area (Å²) in [4.78, 5) is 21.0. The van der Waals surface area contributed by atoms with Gasteiger partial charge in [-0.05, 0) is 66.8 Å². The fraction of sp³-hybridized carbons (Fsp3) is 0.323. The Hall–Kier alpha value is -4.13. The van der Waals surface area contributed by atoms with E-state index in [0.717, 1.165) is 36.0 Å². The van der Waals surface area contributed by atoms with Gasteiger partial charge in [0.1, 0.15) is 0 Å². The number of methoxy groups -OCH3 is 3. The van der Waals surface area contributed by atoms with E-state index in [4.69, 9.17) is 14.2 Å². The molecule has 4 aromatic rings. The third-order valence-corrected chi connectivity index (χ3v) is 6.79. The normalized spacial score (nSPS) is 10.9. The number of aromatic nitrogens is 1. The van der Waals surface area contributed by atoms with Gasteiger partial charge in [-0.25, -0.2) is 0 Å². The molecule has 0 aliphatic carbocycles. The van der Waals surface area contributed by atoms with E-state index >= 15 is 0 Å². The molecule has 0 radical (unpaired) electrons. The van der Waals surface area contributed by atoms with Crippen molar-refractivity contribution in [1.82, 2.24) is 9.88 Å². The number of H-pyrrole nitrogens is 1. The van der Waals surface area contributed by atoms with Crippen molar-refractivity contribution in [2.24, 2.45) is 0 Å². The number of hydrogen-bond acceptors (Lipinski definition) is 5. The number of hydrogen-bond donors (Lipinski definition) is 1. The molecule has 0 aliphatic rings. The zero-order valence-electron chi connectivity index (χ0n) is 22.9. The maximum atomic E-state index is 13.8. The first-order valence-electron chi connectivity index (χ1n) is 12.9. The van der Waals surface area contributed by atoms with Gasteiger partial charge in [0.15, 0.2) is 11.5 Å². The molecule has 1 heterocycles. The molecular formula is C31H37N3O4. The summed E-state index contributed by atoms with van der Waals surface area (Å²) in [5, 5.41) is 1.26. The van der Waals surface area contributed by atoms with Crippen LogP contribution in [0.2, 0.25) is 0 Å². The molecule has 0 saturated carbocycles. The zero-order chi connectivity index (χ0) is 27.1. The average Bonchev–Trinajstić information content (AvgIpc) is 3.36. The highest BCUT2D eigenvalue weighted by atomic mass is 16.5. The van der Waals surface area contributed by atoms with Gasteiger partial charge in [-0.15, -0.1) is 0 Å². The third kappa shape index (κ3) is 6.05. The molecular weight excluding hydrogens is 478 g/mol. The van der Waals surface area contributed by atoms with E-state index in [1.54, 1.807) is 21.3 Å². The van der Waals surface area contributed by atoms with Gasteiger partial charge in [0.05, 0.1) is 21.3 Å². The molecule has 0 unspecified atom stereocenters. The molecule has 0 bridgehead atoms. The summed E-state index contributed by atoms with van der Waals surface area (Å²) in [7, 11) is 8.73. The lowest BCUT2D eigenvalue weighted by Crippen LogP contribution is -2.31. The van der Waals surface area contributed by atoms with Gasteiger partial charge in [-0.3, -0.25) is 4.79 Å². The van der Waals surface area contributed by atoms with Gasteiger partial charge in [0.25, 0.3) is 5.91 Å². The number of benzene rings is 3. The van der Waals surface area contributed by atoms with Crippen molar-refractivity contribution in [2.45, 2.75) is 25.8 Å². The molecule has 3 aromatic carbocycles. The van der Waals surface area contributed by atoms with Crippen LogP contribution < -0.4 is 19.1 Å². The standard InChI is InChI=1S/C31H37N3O4/c1-33(2)25-13-10-12-23(19-25)31(35)34(21-22-17-28(36-3)30(38-5)29(18-22)37-4)16-9-8-11-24-20-32-27-15-7-6-14-26(24)27/h6-7,10,12-15,17-20,32H,8-9,11,16,21H2,1-5H3. The molecule has 38 heavy (non-hydrogen) atoms. The van der Waals surface area contributed by atoms with Gasteiger partial charge >= 0.3 is 0 Å². The Balaban J connectivity index is 1.54. The summed E-state index contributed by atoms with van der Waals surface area (Å²) in [5.41, 5.74) is 5.03. The quantitative estimate of drug-likeness (QED) is 0.237. The highest BCUT2D eigenvalue weighted by molar-refractivity contribution is 5.95. The number of unbranched alkanes of at least 4 members (excludes halogenated alkanes) is 1. The first kappa shape index (κ1) is 26.9. The summed E-state index contributed by atoms with van der Waals surface area (Å²) in [6.07, 6.45) is 4.89. The number of nitrogens with one attached hydrogen (secondary N) is 1. The first-order chi connectivity index (χ1) is 18.4. The second kappa shape index (κ2) is 12.4. The van der Waals surface area contributed by atoms with Crippen LogP contribution in [0.4, 0.5) is 5.69 Å². The average molecular weight is 516 g/mol. The molecule has 7 heteroatoms. The lowest BCUT2D eigenvalue weighted by molar-refractivity contribution is 0.0740. The van der Waals surface area contributed by atoms with Crippen LogP contribution in [-0.2, 0) is 13.0 Å². The van der Waals surface area contributed by atoms with E-state index in [-0.39, 0.29) is 5.91 Å². The Labute approximate surface area is 224 Å². The summed E-state index contributed by atoms with van der Waals surface area (Å²) >= 11 is 0. The second-order valence-electron chi connectivity index (χ2n) is 9.52. The molecule has 1 aromatic heterocycles. The van der Waals surface area contributed by atoms with E-state index in [9.17, 15) is 4.79 Å². The Morgan fingerprint density at radius 1 is 0.868 bits per heavy atom. The van der Waals surface area contributed by atoms with Crippen molar-refractivity contribution in [3.05, 3.63) is 83.6 Å². The van der Waals surface area contributed by atoms with E-state index < -0.39 is 0 Å². The number of aromatic amines is 1. The number of amides is 1. The molecule has 1 N–H and O–H groups in total. The predicted octanol–water partition coefficient (Wildman–Crippen LogP) is 5.93. The summed E-state index contributed by atoms with van der Waals surface area (Å²) in [6, 6.07) is 19.9. The fourth-order valence-electron chi connectivity index (χ4n) is 4.76. The van der Waals surface area contributed by atoms with Gasteiger partial charge in [0, 0.05) is 55.5 Å². The number of para-hydroxylation sites is 1. The molecule has 200 valence electrons. The lowest BCUT2D eigenvalue weighted by atomic mass is 10.1. The molecule has 0 saturated heterocycles. The van der Waals surface area contributed by atoms with E-state index in [1.807, 2.05) is 66.4 Å². The molecule has 0 atom stereocenters. The summed E-state index contributed by atoms with van der Waals surface area (Å²) in [5.74, 6) is 1.68. The predicted molar refractivity (Wildman–Crippen MR) is 153 cm³/mol. The van der Waals surface area contributed by atoms with E-state index in [1.165, 1.54) is 10.9 Å². The smallest absolute Gasteiger partial charge is 0.254 e. The number of carbonyl (C=O) groups is 1. The Morgan fingerprint density at radius 2 is 1.61 bits per heavy atom. The topological polar surface area (TPSA) is 67.0 Å². The third-order valence-electron chi connectivity index (χ3n) is 6.79. The zero-order valence-corrected chi connectivity index (χ0v) is 22.9. The van der Waals surface area contributed by atoms with Crippen molar-refractivity contribution in [3.63, 3.8) is 0 Å². The molecule has 0 spiro atoms. The van der Waals surface area contributed by atoms with Crippen LogP contribution in [0.3, 0.4) is 0 Å². The summed E-state index contributed by atoms with van der Waals surface area (Å²) in [6.45, 7) is 1.05. The van der Waals surface area contributed by atoms with Crippen molar-refractivity contribution < 1.29 is 19.0 Å². The van der Waals surface area contributed by atoms with Crippen LogP contribution in [0.25, 0.3) is 10.9 Å². The number of nitrogens with zero attached hydrogens (tertiary/aromatic N) is 2. The Bertz CT molecular complexity index is 1350. The minimum Gasteiger partial charge on any atom is -0.493 e. The number of aryl methyl sites for hydroxylation is 1. The van der Waals surface area contributed by atoms with E-state index in [2.05, 4.69) is 29.4 Å². The number of anilines is 1. The van der Waals surface area contributed by atoms with Crippen molar-refractivity contribution in [3.8, 4) is 17.2 Å². The summed E-state index contributed by atoms with van der Waals surface area (Å²) < 4.78 is 16.6. The van der Waals surface area contributed by atoms with Crippen LogP contribution in [0, 0.1) is 0 Å². The highest BCUT2D eigenvalue weighted by Crippen LogP contribution is 2.38. The number of fused-ring (bicyclic) bond motifs is 1. The maximum Gasteiger partial charge on any atom is 0.254 e. The lowest BCUT2D eigenvalue weighted by Gasteiger charge is -2.25. The van der Waals surface area contributed by atoms with Crippen molar-refractivity contribution in [2.75, 3.05) is 46.9 Å². The van der Waals surface area contributed by atoms with Crippen LogP contribution in [0.15, 0.2) is 66.9 Å². The van der Waals surface area contributed by atoms with Crippen LogP contribution in [0.1, 0.15) is 34.3 Å². The minimum atomic E-state index is -0.00505. The number of carbonyl (C=O) groups excluding carboxylic acids is 1. The molecule has 1 amide bonds. The monoisotopic (exact) mass is 515 g/mol. The fourth-order valence-corrected chi connectivity index (χ4v) is 4.76. The highest BCUT2D eigenvalue weighted by Gasteiger charge is 2.20. The second-order valence-corrected chi connectivity index (χ2v) is 9.52. The van der Waals surface area contributed by atoms with Gasteiger partial charge in [0.2, 0.25) is 5.75 Å². The van der Waals surface area contributed by atoms with Gasteiger partial charge in [-0.2, -0.15) is 0 Å². The van der Waals surface area contributed by atoms with Crippen molar-refractivity contribution in [1.29, 1.82) is 0 Å². The van der Waals surface area contributed by atoms with Crippen molar-refractivity contribution >= 4 is 22.5 Å². The maximum absolute atomic E-state index is 13.8. The number of rotatable bonds is 12. The SMILES string of the molecule is COc1cc(CN(CCCCc2c[nH]c3ccccc23)C(=O)c2cccc(N(C)C)c2)cc(OC)c1OC. The van der Waals surface area contributed by atoms with Gasteiger partial charge < -0.3 is 29.0 Å². The Kier molecular flexibility index (Phi) is 8.79. The Morgan fingerprint density at radius 3 is 2.29 bits per heavy atom. The van der Waals surface area contributed by atoms with E-state index in [0.29, 0.717) is 35.9 Å². The van der Waals surface area contributed by atoms with Crippen LogP contribution in [0.5, 0.6) is 17.2 Å². The largest absolute Gasteiger partial charge is 0.493 e. The molecule has 4 rings (SSSR count). The first-order valence-corrected chi connectivity index (χ1v) is 12.9.